The van der Waals surface area contributed by atoms with Crippen molar-refractivity contribution >= 4 is 15.9 Å². The van der Waals surface area contributed by atoms with Crippen LogP contribution in [-0.2, 0) is 0 Å². The summed E-state index contributed by atoms with van der Waals surface area (Å²) < 4.78 is 1.00. The normalized spacial score (nSPS) is 10.1. The van der Waals surface area contributed by atoms with Gasteiger partial charge in [-0.3, -0.25) is 0 Å². The van der Waals surface area contributed by atoms with Crippen molar-refractivity contribution in [1.82, 2.24) is 9.97 Å². The van der Waals surface area contributed by atoms with E-state index in [-0.39, 0.29) is 5.69 Å². The van der Waals surface area contributed by atoms with Crippen molar-refractivity contribution in [3.63, 3.8) is 0 Å². The highest BCUT2D eigenvalue weighted by Gasteiger charge is 1.97. The monoisotopic (exact) mass is 250 g/mol. The van der Waals surface area contributed by atoms with E-state index in [1.54, 1.807) is 12.4 Å². The number of rotatable bonds is 1. The van der Waals surface area contributed by atoms with Gasteiger partial charge in [-0.2, -0.15) is 0 Å². The van der Waals surface area contributed by atoms with E-state index in [4.69, 9.17) is 0 Å². The zero-order chi connectivity index (χ0) is 9.97. The molecule has 0 bridgehead atoms. The van der Waals surface area contributed by atoms with Crippen LogP contribution in [0.5, 0.6) is 0 Å². The van der Waals surface area contributed by atoms with Crippen LogP contribution >= 0.6 is 15.9 Å². The van der Waals surface area contributed by atoms with Crippen LogP contribution in [0.1, 0.15) is 0 Å². The lowest BCUT2D eigenvalue weighted by Gasteiger charge is -1.99. The Labute approximate surface area is 89.0 Å². The van der Waals surface area contributed by atoms with Gasteiger partial charge in [-0.05, 0) is 17.7 Å². The molecule has 2 rings (SSSR count). The summed E-state index contributed by atoms with van der Waals surface area (Å²) in [5, 5.41) is 0. The number of benzene rings is 1. The molecule has 0 aliphatic heterocycles. The summed E-state index contributed by atoms with van der Waals surface area (Å²) in [6.07, 6.45) is 3.21. The lowest BCUT2D eigenvalue weighted by atomic mass is 10.1. The van der Waals surface area contributed by atoms with Gasteiger partial charge in [-0.15, -0.1) is 0 Å². The Hall–Kier alpha value is -1.42. The second kappa shape index (κ2) is 3.75. The van der Waals surface area contributed by atoms with E-state index in [0.29, 0.717) is 0 Å². The second-order valence-electron chi connectivity index (χ2n) is 2.82. The molecule has 1 N–H and O–H groups in total. The third kappa shape index (κ3) is 1.90. The standard InChI is InChI=1S/C10H7BrN2O/c11-9-3-1-2-7(4-9)8-5-12-10(14)13-6-8/h1-6H,(H,12,13,14). The van der Waals surface area contributed by atoms with Crippen LogP contribution in [0.3, 0.4) is 0 Å². The third-order valence-corrected chi connectivity index (χ3v) is 2.32. The molecule has 0 fully saturated rings. The fourth-order valence-corrected chi connectivity index (χ4v) is 1.57. The predicted molar refractivity (Wildman–Crippen MR) is 58.0 cm³/mol. The maximum absolute atomic E-state index is 10.7. The van der Waals surface area contributed by atoms with Crippen LogP contribution in [0.25, 0.3) is 11.1 Å². The van der Waals surface area contributed by atoms with Gasteiger partial charge in [0, 0.05) is 22.4 Å². The number of hydrogen-bond donors (Lipinski definition) is 1. The van der Waals surface area contributed by atoms with Crippen molar-refractivity contribution < 1.29 is 0 Å². The van der Waals surface area contributed by atoms with E-state index < -0.39 is 0 Å². The average molecular weight is 251 g/mol. The van der Waals surface area contributed by atoms with Gasteiger partial charge in [0.25, 0.3) is 0 Å². The van der Waals surface area contributed by atoms with Crippen LogP contribution in [0, 0.1) is 0 Å². The molecule has 1 heterocycles. The molecule has 1 aromatic heterocycles. The first kappa shape index (κ1) is 9.15. The zero-order valence-corrected chi connectivity index (χ0v) is 8.78. The maximum atomic E-state index is 10.7. The highest BCUT2D eigenvalue weighted by molar-refractivity contribution is 9.10. The molecule has 14 heavy (non-hydrogen) atoms. The van der Waals surface area contributed by atoms with E-state index in [1.807, 2.05) is 24.3 Å². The SMILES string of the molecule is O=c1ncc(-c2cccc(Br)c2)c[nH]1. The summed E-state index contributed by atoms with van der Waals surface area (Å²) >= 11 is 3.38. The van der Waals surface area contributed by atoms with Gasteiger partial charge in [0.1, 0.15) is 0 Å². The molecule has 0 unspecified atom stereocenters. The smallest absolute Gasteiger partial charge is 0.312 e. The number of aromatic nitrogens is 2. The van der Waals surface area contributed by atoms with Crippen LogP contribution in [0.15, 0.2) is 45.9 Å². The van der Waals surface area contributed by atoms with Crippen LogP contribution in [-0.4, -0.2) is 9.97 Å². The average Bonchev–Trinajstić information content (AvgIpc) is 2.19. The molecule has 0 spiro atoms. The van der Waals surface area contributed by atoms with Gasteiger partial charge >= 0.3 is 5.69 Å². The molecule has 0 atom stereocenters. The van der Waals surface area contributed by atoms with Gasteiger partial charge < -0.3 is 4.98 Å². The van der Waals surface area contributed by atoms with Gasteiger partial charge in [0.15, 0.2) is 0 Å². The van der Waals surface area contributed by atoms with Crippen LogP contribution < -0.4 is 5.69 Å². The Bertz CT molecular complexity index is 487. The highest BCUT2D eigenvalue weighted by Crippen LogP contribution is 2.20. The largest absolute Gasteiger partial charge is 0.344 e. The number of aromatic amines is 1. The quantitative estimate of drug-likeness (QED) is 0.844. The summed E-state index contributed by atoms with van der Waals surface area (Å²) in [5.41, 5.74) is 1.58. The third-order valence-electron chi connectivity index (χ3n) is 1.83. The summed E-state index contributed by atoms with van der Waals surface area (Å²) in [7, 11) is 0. The first-order valence-corrected chi connectivity index (χ1v) is 4.86. The zero-order valence-electron chi connectivity index (χ0n) is 7.20. The minimum Gasteiger partial charge on any atom is -0.312 e. The van der Waals surface area contributed by atoms with Crippen molar-refractivity contribution in [2.24, 2.45) is 0 Å². The number of nitrogens with one attached hydrogen (secondary N) is 1. The lowest BCUT2D eigenvalue weighted by Crippen LogP contribution is -2.07. The number of nitrogens with zero attached hydrogens (tertiary/aromatic N) is 1. The van der Waals surface area contributed by atoms with E-state index in [2.05, 4.69) is 25.9 Å². The van der Waals surface area contributed by atoms with Crippen molar-refractivity contribution in [3.05, 3.63) is 51.6 Å². The van der Waals surface area contributed by atoms with Gasteiger partial charge in [0.05, 0.1) is 0 Å². The predicted octanol–water partition coefficient (Wildman–Crippen LogP) is 2.20. The molecule has 0 saturated carbocycles. The van der Waals surface area contributed by atoms with Gasteiger partial charge in [0.2, 0.25) is 0 Å². The van der Waals surface area contributed by atoms with Crippen molar-refractivity contribution in [2.45, 2.75) is 0 Å². The molecule has 0 amide bonds. The molecule has 0 radical (unpaired) electrons. The molecule has 2 aromatic rings. The lowest BCUT2D eigenvalue weighted by molar-refractivity contribution is 1.08. The molecule has 0 aliphatic rings. The molecule has 0 aliphatic carbocycles. The second-order valence-corrected chi connectivity index (χ2v) is 3.73. The molecule has 0 saturated heterocycles. The van der Waals surface area contributed by atoms with Crippen molar-refractivity contribution in [3.8, 4) is 11.1 Å². The van der Waals surface area contributed by atoms with Crippen LogP contribution in [0.4, 0.5) is 0 Å². The Morgan fingerprint density at radius 1 is 1.29 bits per heavy atom. The fraction of sp³-hybridized carbons (Fsp3) is 0. The van der Waals surface area contributed by atoms with E-state index >= 15 is 0 Å². The van der Waals surface area contributed by atoms with Gasteiger partial charge in [-0.1, -0.05) is 28.1 Å². The fourth-order valence-electron chi connectivity index (χ4n) is 1.17. The number of H-pyrrole nitrogens is 1. The molecule has 4 heteroatoms. The molecule has 3 nitrogen and oxygen atoms in total. The van der Waals surface area contributed by atoms with Crippen molar-refractivity contribution in [2.75, 3.05) is 0 Å². The molecule has 1 aromatic carbocycles. The maximum Gasteiger partial charge on any atom is 0.344 e. The van der Waals surface area contributed by atoms with E-state index in [1.165, 1.54) is 0 Å². The number of halogens is 1. The topological polar surface area (TPSA) is 45.8 Å². The van der Waals surface area contributed by atoms with E-state index in [9.17, 15) is 4.79 Å². The summed E-state index contributed by atoms with van der Waals surface area (Å²) in [6.45, 7) is 0. The van der Waals surface area contributed by atoms with Crippen molar-refractivity contribution in [1.29, 1.82) is 0 Å². The summed E-state index contributed by atoms with van der Waals surface area (Å²) in [4.78, 5) is 16.9. The Kier molecular flexibility index (Phi) is 2.45. The molecular weight excluding hydrogens is 244 g/mol. The van der Waals surface area contributed by atoms with E-state index in [0.717, 1.165) is 15.6 Å². The summed E-state index contributed by atoms with van der Waals surface area (Å²) in [6, 6.07) is 7.81. The minimum atomic E-state index is -0.330. The highest BCUT2D eigenvalue weighted by atomic mass is 79.9. The Morgan fingerprint density at radius 2 is 2.14 bits per heavy atom. The number of hydrogen-bond acceptors (Lipinski definition) is 2. The van der Waals surface area contributed by atoms with Crippen LogP contribution in [0.2, 0.25) is 0 Å². The Morgan fingerprint density at radius 3 is 2.79 bits per heavy atom. The first-order chi connectivity index (χ1) is 6.75. The molecule has 70 valence electrons. The van der Waals surface area contributed by atoms with Gasteiger partial charge in [-0.25, -0.2) is 9.78 Å². The molecular formula is C10H7BrN2O. The Balaban J connectivity index is 2.49. The summed E-state index contributed by atoms with van der Waals surface area (Å²) in [5.74, 6) is 0. The first-order valence-electron chi connectivity index (χ1n) is 4.06. The minimum absolute atomic E-state index is 0.330.